The summed E-state index contributed by atoms with van der Waals surface area (Å²) in [6.07, 6.45) is 0.977. The molecule has 1 atom stereocenters. The first-order chi connectivity index (χ1) is 6.81. The molecule has 0 bridgehead atoms. The third kappa shape index (κ3) is 3.22. The van der Waals surface area contributed by atoms with E-state index in [2.05, 4.69) is 0 Å². The maximum atomic E-state index is 11.7. The molecule has 1 aliphatic heterocycles. The Bertz CT molecular complexity index is 267. The van der Waals surface area contributed by atoms with Crippen molar-refractivity contribution >= 4 is 11.9 Å². The average Bonchev–Trinajstić information content (AvgIpc) is 2.47. The van der Waals surface area contributed by atoms with E-state index in [9.17, 15) is 9.59 Å². The van der Waals surface area contributed by atoms with Crippen LogP contribution < -0.4 is 0 Å². The van der Waals surface area contributed by atoms with Crippen molar-refractivity contribution in [2.45, 2.75) is 45.3 Å². The summed E-state index contributed by atoms with van der Waals surface area (Å²) in [5, 5.41) is 0. The minimum atomic E-state index is -0.540. The molecule has 1 heterocycles. The molecule has 1 aliphatic rings. The predicted octanol–water partition coefficient (Wildman–Crippen LogP) is 1.67. The quantitative estimate of drug-likeness (QED) is 0.662. The molecule has 0 aliphatic carbocycles. The van der Waals surface area contributed by atoms with Crippen LogP contribution in [-0.4, -0.2) is 35.0 Å². The maximum absolute atomic E-state index is 11.7. The van der Waals surface area contributed by atoms with Crippen molar-refractivity contribution in [2.75, 3.05) is 6.54 Å². The molecule has 0 aromatic rings. The number of ether oxygens (including phenoxy) is 1. The summed E-state index contributed by atoms with van der Waals surface area (Å²) in [6, 6.07) is -0.500. The topological polar surface area (TPSA) is 46.6 Å². The largest absolute Gasteiger partial charge is 0.444 e. The Hall–Kier alpha value is -1.06. The van der Waals surface area contributed by atoms with Gasteiger partial charge in [0.1, 0.15) is 5.60 Å². The number of hydrogen-bond acceptors (Lipinski definition) is 3. The lowest BCUT2D eigenvalue weighted by Crippen LogP contribution is -2.42. The zero-order chi connectivity index (χ0) is 11.6. The highest BCUT2D eigenvalue weighted by molar-refractivity contribution is 5.91. The van der Waals surface area contributed by atoms with Crippen LogP contribution in [0.25, 0.3) is 0 Å². The van der Waals surface area contributed by atoms with E-state index >= 15 is 0 Å². The van der Waals surface area contributed by atoms with Gasteiger partial charge in [-0.3, -0.25) is 9.69 Å². The molecule has 4 nitrogen and oxygen atoms in total. The van der Waals surface area contributed by atoms with E-state index in [1.807, 2.05) is 0 Å². The van der Waals surface area contributed by atoms with Crippen LogP contribution in [0.5, 0.6) is 0 Å². The van der Waals surface area contributed by atoms with Gasteiger partial charge in [-0.25, -0.2) is 4.79 Å². The van der Waals surface area contributed by atoms with E-state index in [0.29, 0.717) is 13.0 Å². The number of carbonyl (C=O) groups is 2. The first-order valence-electron chi connectivity index (χ1n) is 5.10. The molecule has 0 saturated carbocycles. The molecular weight excluding hydrogens is 194 g/mol. The summed E-state index contributed by atoms with van der Waals surface area (Å²) >= 11 is 0. The Morgan fingerprint density at radius 1 is 1.40 bits per heavy atom. The molecule has 0 aromatic heterocycles. The number of likely N-dealkylation sites (tertiary alicyclic amines) is 1. The van der Waals surface area contributed by atoms with Crippen molar-refractivity contribution < 1.29 is 14.3 Å². The van der Waals surface area contributed by atoms with E-state index in [4.69, 9.17) is 11.7 Å². The lowest BCUT2D eigenvalue weighted by molar-refractivity contribution is -0.119. The SMILES string of the molecule is [CH]C(=O)[C@@H]1CCCN1C(=O)OC(C)(C)C. The highest BCUT2D eigenvalue weighted by Crippen LogP contribution is 2.21. The Morgan fingerprint density at radius 2 is 2.00 bits per heavy atom. The summed E-state index contributed by atoms with van der Waals surface area (Å²) in [7, 11) is 0. The Labute approximate surface area is 90.6 Å². The Morgan fingerprint density at radius 3 is 2.47 bits per heavy atom. The number of ketones is 1. The Balaban J connectivity index is 2.63. The third-order valence-electron chi connectivity index (χ3n) is 2.21. The monoisotopic (exact) mass is 211 g/mol. The number of nitrogens with zero attached hydrogens (tertiary/aromatic N) is 1. The number of hydrogen-bond donors (Lipinski definition) is 0. The van der Waals surface area contributed by atoms with E-state index in [1.165, 1.54) is 4.90 Å². The van der Waals surface area contributed by atoms with Crippen LogP contribution >= 0.6 is 0 Å². The molecule has 2 radical (unpaired) electrons. The molecule has 1 saturated heterocycles. The summed E-state index contributed by atoms with van der Waals surface area (Å²) in [4.78, 5) is 24.1. The lowest BCUT2D eigenvalue weighted by Gasteiger charge is -2.27. The van der Waals surface area contributed by atoms with Gasteiger partial charge in [0.05, 0.1) is 6.04 Å². The van der Waals surface area contributed by atoms with E-state index in [0.717, 1.165) is 6.42 Å². The second-order valence-corrected chi connectivity index (χ2v) is 4.73. The van der Waals surface area contributed by atoms with Crippen LogP contribution in [0.3, 0.4) is 0 Å². The summed E-state index contributed by atoms with van der Waals surface area (Å²) < 4.78 is 5.18. The molecule has 0 spiro atoms. The lowest BCUT2D eigenvalue weighted by atomic mass is 10.1. The number of Topliss-reactive ketones (excluding diaryl/α,β-unsaturated/α-hetero) is 1. The Kier molecular flexibility index (Phi) is 3.37. The van der Waals surface area contributed by atoms with E-state index in [-0.39, 0.29) is 0 Å². The van der Waals surface area contributed by atoms with Gasteiger partial charge >= 0.3 is 6.09 Å². The van der Waals surface area contributed by atoms with Gasteiger partial charge in [0.2, 0.25) is 0 Å². The zero-order valence-corrected chi connectivity index (χ0v) is 9.45. The summed E-state index contributed by atoms with van der Waals surface area (Å²) in [6.45, 7) is 11.1. The van der Waals surface area contributed by atoms with Gasteiger partial charge in [-0.1, -0.05) is 0 Å². The zero-order valence-electron chi connectivity index (χ0n) is 9.45. The predicted molar refractivity (Wildman–Crippen MR) is 55.3 cm³/mol. The van der Waals surface area contributed by atoms with Gasteiger partial charge in [0.25, 0.3) is 0 Å². The molecule has 15 heavy (non-hydrogen) atoms. The van der Waals surface area contributed by atoms with Crippen LogP contribution in [0.4, 0.5) is 4.79 Å². The van der Waals surface area contributed by atoms with E-state index < -0.39 is 23.5 Å². The third-order valence-corrected chi connectivity index (χ3v) is 2.21. The fourth-order valence-electron chi connectivity index (χ4n) is 1.60. The van der Waals surface area contributed by atoms with Crippen molar-refractivity contribution in [1.29, 1.82) is 0 Å². The van der Waals surface area contributed by atoms with E-state index in [1.54, 1.807) is 20.8 Å². The summed E-state index contributed by atoms with van der Waals surface area (Å²) in [5.74, 6) is -0.460. The highest BCUT2D eigenvalue weighted by Gasteiger charge is 2.34. The van der Waals surface area contributed by atoms with Gasteiger partial charge < -0.3 is 4.74 Å². The molecule has 1 amide bonds. The van der Waals surface area contributed by atoms with Crippen molar-refractivity contribution in [3.63, 3.8) is 0 Å². The van der Waals surface area contributed by atoms with Gasteiger partial charge in [-0.15, -0.1) is 0 Å². The summed E-state index contributed by atoms with van der Waals surface area (Å²) in [5.41, 5.74) is -0.540. The van der Waals surface area contributed by atoms with Gasteiger partial charge in [0, 0.05) is 13.5 Å². The van der Waals surface area contributed by atoms with Crippen molar-refractivity contribution in [3.8, 4) is 0 Å². The molecule has 4 heteroatoms. The first-order valence-corrected chi connectivity index (χ1v) is 5.10. The minimum absolute atomic E-state index is 0.455. The van der Waals surface area contributed by atoms with Crippen LogP contribution in [0.15, 0.2) is 0 Å². The second-order valence-electron chi connectivity index (χ2n) is 4.73. The van der Waals surface area contributed by atoms with Crippen LogP contribution in [0.2, 0.25) is 0 Å². The fraction of sp³-hybridized carbons (Fsp3) is 0.727. The van der Waals surface area contributed by atoms with Gasteiger partial charge in [-0.2, -0.15) is 0 Å². The standard InChI is InChI=1S/C11H17NO3/c1-8(13)9-6-5-7-12(9)10(14)15-11(2,3)4/h1,9H,5-7H2,2-4H3/t9-/m0/s1. The van der Waals surface area contributed by atoms with Crippen LogP contribution in [-0.2, 0) is 9.53 Å². The normalized spacial score (nSPS) is 21.6. The molecule has 1 fully saturated rings. The van der Waals surface area contributed by atoms with Crippen molar-refractivity contribution in [3.05, 3.63) is 6.92 Å². The van der Waals surface area contributed by atoms with Crippen LogP contribution in [0, 0.1) is 6.92 Å². The minimum Gasteiger partial charge on any atom is -0.444 e. The molecular formula is C11H17NO3. The number of rotatable bonds is 1. The van der Waals surface area contributed by atoms with Gasteiger partial charge in [0.15, 0.2) is 5.78 Å². The maximum Gasteiger partial charge on any atom is 0.410 e. The number of carbonyl (C=O) groups excluding carboxylic acids is 2. The number of amides is 1. The van der Waals surface area contributed by atoms with Crippen LogP contribution in [0.1, 0.15) is 33.6 Å². The van der Waals surface area contributed by atoms with Gasteiger partial charge in [-0.05, 0) is 33.6 Å². The molecule has 1 rings (SSSR count). The molecule has 84 valence electrons. The molecule has 0 N–H and O–H groups in total. The fourth-order valence-corrected chi connectivity index (χ4v) is 1.60. The second kappa shape index (κ2) is 4.21. The smallest absolute Gasteiger partial charge is 0.410 e. The molecule has 0 unspecified atom stereocenters. The average molecular weight is 211 g/mol. The van der Waals surface area contributed by atoms with Crippen molar-refractivity contribution in [2.24, 2.45) is 0 Å². The van der Waals surface area contributed by atoms with Crippen molar-refractivity contribution in [1.82, 2.24) is 4.90 Å². The molecule has 0 aromatic carbocycles. The first kappa shape index (κ1) is 12.0. The highest BCUT2D eigenvalue weighted by atomic mass is 16.6.